The van der Waals surface area contributed by atoms with Gasteiger partial charge in [0, 0.05) is 6.54 Å². The van der Waals surface area contributed by atoms with Crippen LogP contribution in [0.1, 0.15) is 79.6 Å². The van der Waals surface area contributed by atoms with E-state index in [0.29, 0.717) is 13.0 Å². The maximum atomic E-state index is 14.0. The third kappa shape index (κ3) is 5.93. The first-order chi connectivity index (χ1) is 17.2. The maximum Gasteiger partial charge on any atom is 0.408 e. The van der Waals surface area contributed by atoms with E-state index in [1.54, 1.807) is 25.7 Å². The zero-order valence-corrected chi connectivity index (χ0v) is 22.5. The Morgan fingerprint density at radius 2 is 1.65 bits per heavy atom. The average molecular weight is 520 g/mol. The Kier molecular flexibility index (Phi) is 7.33. The fourth-order valence-electron chi connectivity index (χ4n) is 6.42. The van der Waals surface area contributed by atoms with Crippen LogP contribution < -0.4 is 10.6 Å². The number of ketones is 1. The number of piperidine rings is 1. The van der Waals surface area contributed by atoms with Crippen LogP contribution >= 0.6 is 0 Å². The molecule has 3 amide bonds. The van der Waals surface area contributed by atoms with Gasteiger partial charge in [0.15, 0.2) is 0 Å². The molecular weight excluding hydrogens is 478 g/mol. The highest BCUT2D eigenvalue weighted by atomic mass is 16.6. The normalized spacial score (nSPS) is 28.1. The average Bonchev–Trinajstić information content (AvgIpc) is 3.49. The number of amides is 3. The van der Waals surface area contributed by atoms with E-state index in [1.165, 1.54) is 0 Å². The van der Waals surface area contributed by atoms with Crippen molar-refractivity contribution in [2.24, 2.45) is 29.1 Å². The first kappa shape index (κ1) is 27.4. The summed E-state index contributed by atoms with van der Waals surface area (Å²) in [6.45, 7) is 9.77. The van der Waals surface area contributed by atoms with Gasteiger partial charge in [-0.1, -0.05) is 39.5 Å². The molecule has 3 saturated carbocycles. The Morgan fingerprint density at radius 1 is 1.03 bits per heavy atom. The van der Waals surface area contributed by atoms with Crippen LogP contribution in [0.4, 0.5) is 4.79 Å². The SMILES string of the molecule is CC(C)(C)OC(=O)N[C@H](C(=O)N1CC2[C@@H]([C@H]1C(=O)NC(CC1CC1)C(=O)C(=O)O)C2(C)C)C1CCCC1. The molecule has 10 heteroatoms. The topological polar surface area (TPSA) is 142 Å². The number of hydrogen-bond donors (Lipinski definition) is 3. The predicted octanol–water partition coefficient (Wildman–Crippen LogP) is 2.49. The molecular formula is C27H41N3O7. The summed E-state index contributed by atoms with van der Waals surface area (Å²) in [7, 11) is 0. The minimum atomic E-state index is -1.57. The summed E-state index contributed by atoms with van der Waals surface area (Å²) in [4.78, 5) is 65.5. The molecule has 1 aliphatic heterocycles. The number of carbonyl (C=O) groups excluding carboxylic acids is 4. The molecule has 0 bridgehead atoms. The molecule has 0 aromatic heterocycles. The fourth-order valence-corrected chi connectivity index (χ4v) is 6.42. The lowest BCUT2D eigenvalue weighted by atomic mass is 9.94. The highest BCUT2D eigenvalue weighted by Gasteiger charge is 2.69. The number of carbonyl (C=O) groups is 5. The zero-order valence-electron chi connectivity index (χ0n) is 22.5. The Morgan fingerprint density at radius 3 is 2.19 bits per heavy atom. The number of ether oxygens (including phenoxy) is 1. The number of nitrogens with one attached hydrogen (secondary N) is 2. The van der Waals surface area contributed by atoms with Crippen molar-refractivity contribution in [2.45, 2.75) is 103 Å². The van der Waals surface area contributed by atoms with Crippen LogP contribution in [0.25, 0.3) is 0 Å². The number of carboxylic acid groups (broad SMARTS) is 1. The standard InChI is InChI=1S/C27H41N3O7/c1-26(2,3)37-25(36)29-19(15-8-6-7-9-15)23(33)30-13-16-18(27(16,4)5)20(30)22(32)28-17(12-14-10-11-14)21(31)24(34)35/h14-20H,6-13H2,1-5H3,(H,28,32)(H,29,36)(H,34,35)/t16?,17?,18-,19-,20-/m0/s1. The molecule has 1 saturated heterocycles. The molecule has 0 aromatic carbocycles. The molecule has 37 heavy (non-hydrogen) atoms. The second-order valence-corrected chi connectivity index (χ2v) is 13.0. The van der Waals surface area contributed by atoms with Crippen molar-refractivity contribution in [3.8, 4) is 0 Å². The van der Waals surface area contributed by atoms with Gasteiger partial charge in [-0.2, -0.15) is 0 Å². The highest BCUT2D eigenvalue weighted by Crippen LogP contribution is 2.65. The first-order valence-corrected chi connectivity index (χ1v) is 13.6. The summed E-state index contributed by atoms with van der Waals surface area (Å²) in [5.41, 5.74) is -0.870. The summed E-state index contributed by atoms with van der Waals surface area (Å²) in [6, 6.07) is -2.74. The molecule has 10 nitrogen and oxygen atoms in total. The second-order valence-electron chi connectivity index (χ2n) is 13.0. The molecule has 2 unspecified atom stereocenters. The van der Waals surface area contributed by atoms with Gasteiger partial charge in [-0.3, -0.25) is 14.4 Å². The van der Waals surface area contributed by atoms with Crippen LogP contribution in [-0.4, -0.2) is 69.9 Å². The smallest absolute Gasteiger partial charge is 0.408 e. The number of carboxylic acids is 1. The number of hydrogen-bond acceptors (Lipinski definition) is 6. The van der Waals surface area contributed by atoms with E-state index in [4.69, 9.17) is 4.74 Å². The molecule has 4 aliphatic rings. The van der Waals surface area contributed by atoms with Gasteiger partial charge in [0.05, 0.1) is 6.04 Å². The van der Waals surface area contributed by atoms with Crippen molar-refractivity contribution in [3.05, 3.63) is 0 Å². The summed E-state index contributed by atoms with van der Waals surface area (Å²) in [5.74, 6) is -3.21. The number of fused-ring (bicyclic) bond motifs is 1. The van der Waals surface area contributed by atoms with Crippen molar-refractivity contribution in [1.29, 1.82) is 0 Å². The Hall–Kier alpha value is -2.65. The second kappa shape index (κ2) is 9.91. The van der Waals surface area contributed by atoms with Crippen LogP contribution in [-0.2, 0) is 23.9 Å². The molecule has 0 aromatic rings. The molecule has 1 heterocycles. The van der Waals surface area contributed by atoms with Crippen LogP contribution in [0.15, 0.2) is 0 Å². The predicted molar refractivity (Wildman–Crippen MR) is 133 cm³/mol. The van der Waals surface area contributed by atoms with E-state index in [1.807, 2.05) is 0 Å². The van der Waals surface area contributed by atoms with E-state index in [9.17, 15) is 29.1 Å². The summed E-state index contributed by atoms with van der Waals surface area (Å²) in [5, 5.41) is 14.8. The van der Waals surface area contributed by atoms with Crippen LogP contribution in [0.3, 0.4) is 0 Å². The zero-order chi connectivity index (χ0) is 27.3. The van der Waals surface area contributed by atoms with Crippen molar-refractivity contribution in [2.75, 3.05) is 6.54 Å². The van der Waals surface area contributed by atoms with Gasteiger partial charge in [0.2, 0.25) is 11.8 Å². The summed E-state index contributed by atoms with van der Waals surface area (Å²) >= 11 is 0. The number of rotatable bonds is 9. The van der Waals surface area contributed by atoms with Gasteiger partial charge in [-0.05, 0) is 69.1 Å². The van der Waals surface area contributed by atoms with Gasteiger partial charge in [0.1, 0.15) is 17.7 Å². The van der Waals surface area contributed by atoms with Crippen molar-refractivity contribution >= 4 is 29.7 Å². The molecule has 4 rings (SSSR count). The van der Waals surface area contributed by atoms with Gasteiger partial charge < -0.3 is 25.4 Å². The highest BCUT2D eigenvalue weighted by molar-refractivity contribution is 6.35. The van der Waals surface area contributed by atoms with Crippen LogP contribution in [0.2, 0.25) is 0 Å². The number of likely N-dealkylation sites (tertiary alicyclic amines) is 1. The largest absolute Gasteiger partial charge is 0.475 e. The molecule has 3 N–H and O–H groups in total. The van der Waals surface area contributed by atoms with Crippen molar-refractivity contribution < 1.29 is 33.8 Å². The van der Waals surface area contributed by atoms with Gasteiger partial charge >= 0.3 is 12.1 Å². The lowest BCUT2D eigenvalue weighted by Crippen LogP contribution is -2.59. The lowest BCUT2D eigenvalue weighted by Gasteiger charge is -2.35. The molecule has 206 valence electrons. The number of aliphatic carboxylic acids is 1. The van der Waals surface area contributed by atoms with Gasteiger partial charge in [-0.25, -0.2) is 9.59 Å². The molecule has 3 aliphatic carbocycles. The van der Waals surface area contributed by atoms with Gasteiger partial charge in [0.25, 0.3) is 5.78 Å². The van der Waals surface area contributed by atoms with E-state index < -0.39 is 47.5 Å². The number of alkyl carbamates (subject to hydrolysis) is 1. The Bertz CT molecular complexity index is 962. The van der Waals surface area contributed by atoms with E-state index in [2.05, 4.69) is 24.5 Å². The Balaban J connectivity index is 1.54. The van der Waals surface area contributed by atoms with Crippen molar-refractivity contribution in [3.63, 3.8) is 0 Å². The third-order valence-electron chi connectivity index (χ3n) is 8.68. The molecule has 5 atom stereocenters. The van der Waals surface area contributed by atoms with Crippen LogP contribution in [0, 0.1) is 29.1 Å². The first-order valence-electron chi connectivity index (χ1n) is 13.6. The van der Waals surface area contributed by atoms with Crippen molar-refractivity contribution in [1.82, 2.24) is 15.5 Å². The minimum absolute atomic E-state index is 0.0510. The Labute approximate surface area is 218 Å². The minimum Gasteiger partial charge on any atom is -0.475 e. The van der Waals surface area contributed by atoms with E-state index in [0.717, 1.165) is 38.5 Å². The fraction of sp³-hybridized carbons (Fsp3) is 0.815. The van der Waals surface area contributed by atoms with Gasteiger partial charge in [-0.15, -0.1) is 0 Å². The monoisotopic (exact) mass is 519 g/mol. The molecule has 4 fully saturated rings. The van der Waals surface area contributed by atoms with E-state index in [-0.39, 0.29) is 35.0 Å². The third-order valence-corrected chi connectivity index (χ3v) is 8.68. The summed E-state index contributed by atoms with van der Waals surface area (Å²) in [6.07, 6.45) is 4.96. The van der Waals surface area contributed by atoms with E-state index >= 15 is 0 Å². The lowest BCUT2D eigenvalue weighted by molar-refractivity contribution is -0.151. The molecule has 0 spiro atoms. The maximum absolute atomic E-state index is 14.0. The van der Waals surface area contributed by atoms with Crippen LogP contribution in [0.5, 0.6) is 0 Å². The number of nitrogens with zero attached hydrogens (tertiary/aromatic N) is 1. The summed E-state index contributed by atoms with van der Waals surface area (Å²) < 4.78 is 5.43. The quantitative estimate of drug-likeness (QED) is 0.397. The number of Topliss-reactive ketones (excluding diaryl/α,β-unsaturated/α-hetero) is 1. The molecule has 0 radical (unpaired) electrons.